The van der Waals surface area contributed by atoms with E-state index >= 15 is 0 Å². The number of carbonyl (C=O) groups is 3. The Balaban J connectivity index is 2.37. The van der Waals surface area contributed by atoms with E-state index < -0.39 is 30.6 Å². The average molecular weight is 308 g/mol. The first kappa shape index (κ1) is 17.6. The molecule has 0 heterocycles. The predicted octanol–water partition coefficient (Wildman–Crippen LogP) is 0.887. The lowest BCUT2D eigenvalue weighted by Gasteiger charge is -2.13. The van der Waals surface area contributed by atoms with Gasteiger partial charge in [-0.1, -0.05) is 37.3 Å². The number of urea groups is 1. The lowest BCUT2D eigenvalue weighted by atomic mass is 10.1. The molecular weight excluding hydrogens is 288 g/mol. The number of hydrogen-bond donors (Lipinski definition) is 3. The van der Waals surface area contributed by atoms with Crippen molar-refractivity contribution in [1.82, 2.24) is 10.6 Å². The smallest absolute Gasteiger partial charge is 0.340 e. The van der Waals surface area contributed by atoms with Crippen molar-refractivity contribution in [2.45, 2.75) is 32.4 Å². The summed E-state index contributed by atoms with van der Waals surface area (Å²) >= 11 is 0. The molecule has 2 atom stereocenters. The molecule has 22 heavy (non-hydrogen) atoms. The Hall–Kier alpha value is -2.41. The van der Waals surface area contributed by atoms with Crippen molar-refractivity contribution >= 4 is 17.9 Å². The van der Waals surface area contributed by atoms with E-state index in [2.05, 4.69) is 10.1 Å². The molecule has 1 aromatic rings. The maximum absolute atomic E-state index is 11.6. The SMILES string of the molecule is CC[C@@H](C)NC(=O)NC(=O)COC(=O)[C@@H](O)c1ccccc1. The molecule has 0 bridgehead atoms. The van der Waals surface area contributed by atoms with E-state index in [0.29, 0.717) is 5.56 Å². The van der Waals surface area contributed by atoms with Crippen molar-refractivity contribution in [3.05, 3.63) is 35.9 Å². The van der Waals surface area contributed by atoms with Crippen LogP contribution in [0.25, 0.3) is 0 Å². The molecule has 120 valence electrons. The van der Waals surface area contributed by atoms with Crippen molar-refractivity contribution in [3.63, 3.8) is 0 Å². The molecule has 0 spiro atoms. The van der Waals surface area contributed by atoms with Crippen molar-refractivity contribution in [2.24, 2.45) is 0 Å². The van der Waals surface area contributed by atoms with E-state index in [4.69, 9.17) is 0 Å². The van der Waals surface area contributed by atoms with Gasteiger partial charge in [0, 0.05) is 6.04 Å². The fraction of sp³-hybridized carbons (Fsp3) is 0.400. The van der Waals surface area contributed by atoms with Crippen LogP contribution in [0.3, 0.4) is 0 Å². The van der Waals surface area contributed by atoms with Gasteiger partial charge in [-0.3, -0.25) is 10.1 Å². The third-order valence-corrected chi connectivity index (χ3v) is 2.93. The highest BCUT2D eigenvalue weighted by Gasteiger charge is 2.20. The van der Waals surface area contributed by atoms with Gasteiger partial charge in [0.2, 0.25) is 0 Å². The van der Waals surface area contributed by atoms with Crippen LogP contribution in [0, 0.1) is 0 Å². The highest BCUT2D eigenvalue weighted by atomic mass is 16.5. The van der Waals surface area contributed by atoms with Gasteiger partial charge >= 0.3 is 12.0 Å². The topological polar surface area (TPSA) is 105 Å². The van der Waals surface area contributed by atoms with E-state index in [-0.39, 0.29) is 6.04 Å². The number of esters is 1. The van der Waals surface area contributed by atoms with E-state index in [9.17, 15) is 19.5 Å². The van der Waals surface area contributed by atoms with Crippen LogP contribution in [0.15, 0.2) is 30.3 Å². The quantitative estimate of drug-likeness (QED) is 0.677. The molecule has 7 heteroatoms. The second-order valence-corrected chi connectivity index (χ2v) is 4.75. The van der Waals surface area contributed by atoms with Gasteiger partial charge in [0.05, 0.1) is 0 Å². The molecule has 1 rings (SSSR count). The molecule has 0 aliphatic rings. The fourth-order valence-corrected chi connectivity index (χ4v) is 1.51. The van der Waals surface area contributed by atoms with Crippen LogP contribution in [-0.2, 0) is 14.3 Å². The second kappa shape index (κ2) is 8.78. The van der Waals surface area contributed by atoms with E-state index in [0.717, 1.165) is 6.42 Å². The summed E-state index contributed by atoms with van der Waals surface area (Å²) < 4.78 is 4.67. The Morgan fingerprint density at radius 2 is 1.86 bits per heavy atom. The summed E-state index contributed by atoms with van der Waals surface area (Å²) in [4.78, 5) is 34.5. The van der Waals surface area contributed by atoms with Gasteiger partial charge in [0.1, 0.15) is 0 Å². The Bertz CT molecular complexity index is 518. The van der Waals surface area contributed by atoms with Gasteiger partial charge in [-0.2, -0.15) is 0 Å². The number of imide groups is 1. The summed E-state index contributed by atoms with van der Waals surface area (Å²) in [6.07, 6.45) is -0.747. The van der Waals surface area contributed by atoms with Crippen LogP contribution in [0.2, 0.25) is 0 Å². The number of nitrogens with one attached hydrogen (secondary N) is 2. The first-order chi connectivity index (χ1) is 10.4. The normalized spacial score (nSPS) is 12.9. The van der Waals surface area contributed by atoms with Crippen LogP contribution in [0.1, 0.15) is 31.9 Å². The van der Waals surface area contributed by atoms with Gasteiger partial charge in [-0.05, 0) is 18.9 Å². The molecule has 3 amide bonds. The van der Waals surface area contributed by atoms with Crippen molar-refractivity contribution in [3.8, 4) is 0 Å². The summed E-state index contributed by atoms with van der Waals surface area (Å²) in [6, 6.07) is 7.46. The van der Waals surface area contributed by atoms with E-state index in [1.807, 2.05) is 12.2 Å². The zero-order valence-corrected chi connectivity index (χ0v) is 12.5. The maximum Gasteiger partial charge on any atom is 0.340 e. The maximum atomic E-state index is 11.6. The van der Waals surface area contributed by atoms with Crippen molar-refractivity contribution < 1.29 is 24.2 Å². The third kappa shape index (κ3) is 5.92. The number of ether oxygens (including phenoxy) is 1. The minimum absolute atomic E-state index is 0.0738. The van der Waals surface area contributed by atoms with Crippen LogP contribution in [-0.4, -0.2) is 35.7 Å². The number of rotatable bonds is 6. The summed E-state index contributed by atoms with van der Waals surface area (Å²) in [5.41, 5.74) is 0.363. The molecule has 0 unspecified atom stereocenters. The molecule has 0 aliphatic carbocycles. The van der Waals surface area contributed by atoms with Crippen LogP contribution < -0.4 is 10.6 Å². The predicted molar refractivity (Wildman–Crippen MR) is 78.8 cm³/mol. The van der Waals surface area contributed by atoms with Gasteiger partial charge in [0.25, 0.3) is 5.91 Å². The van der Waals surface area contributed by atoms with Crippen LogP contribution in [0.4, 0.5) is 4.79 Å². The summed E-state index contributed by atoms with van der Waals surface area (Å²) in [5.74, 6) is -1.72. The third-order valence-electron chi connectivity index (χ3n) is 2.93. The molecule has 0 fully saturated rings. The monoisotopic (exact) mass is 308 g/mol. The fourth-order valence-electron chi connectivity index (χ4n) is 1.51. The molecule has 0 aliphatic heterocycles. The number of aliphatic hydroxyl groups is 1. The average Bonchev–Trinajstić information content (AvgIpc) is 2.52. The summed E-state index contributed by atoms with van der Waals surface area (Å²) in [5, 5.41) is 14.3. The highest BCUT2D eigenvalue weighted by molar-refractivity contribution is 5.95. The zero-order chi connectivity index (χ0) is 16.5. The molecule has 0 saturated carbocycles. The largest absolute Gasteiger partial charge is 0.453 e. The molecule has 3 N–H and O–H groups in total. The lowest BCUT2D eigenvalue weighted by molar-refractivity contribution is -0.157. The first-order valence-electron chi connectivity index (χ1n) is 6.94. The van der Waals surface area contributed by atoms with Gasteiger partial charge in [-0.25, -0.2) is 9.59 Å². The number of aliphatic hydroxyl groups excluding tert-OH is 1. The number of carbonyl (C=O) groups excluding carboxylic acids is 3. The van der Waals surface area contributed by atoms with E-state index in [1.165, 1.54) is 0 Å². The Morgan fingerprint density at radius 1 is 1.23 bits per heavy atom. The summed E-state index contributed by atoms with van der Waals surface area (Å²) in [7, 11) is 0. The second-order valence-electron chi connectivity index (χ2n) is 4.75. The lowest BCUT2D eigenvalue weighted by Crippen LogP contribution is -2.44. The Kier molecular flexibility index (Phi) is 7.04. The number of amides is 3. The molecular formula is C15H20N2O5. The summed E-state index contributed by atoms with van der Waals surface area (Å²) in [6.45, 7) is 3.04. The minimum Gasteiger partial charge on any atom is -0.453 e. The van der Waals surface area contributed by atoms with Crippen molar-refractivity contribution in [1.29, 1.82) is 0 Å². The van der Waals surface area contributed by atoms with Crippen LogP contribution in [0.5, 0.6) is 0 Å². The molecule has 0 aromatic heterocycles. The zero-order valence-electron chi connectivity index (χ0n) is 12.5. The van der Waals surface area contributed by atoms with Gasteiger partial charge < -0.3 is 15.2 Å². The standard InChI is InChI=1S/C15H20N2O5/c1-3-10(2)16-15(21)17-12(18)9-22-14(20)13(19)11-7-5-4-6-8-11/h4-8,10,13,19H,3,9H2,1-2H3,(H2,16,17,18,21)/t10-,13+/m1/s1. The van der Waals surface area contributed by atoms with E-state index in [1.54, 1.807) is 37.3 Å². The van der Waals surface area contributed by atoms with Gasteiger partial charge in [0.15, 0.2) is 12.7 Å². The number of hydrogen-bond acceptors (Lipinski definition) is 5. The minimum atomic E-state index is -1.47. The Morgan fingerprint density at radius 3 is 2.45 bits per heavy atom. The van der Waals surface area contributed by atoms with Crippen molar-refractivity contribution in [2.75, 3.05) is 6.61 Å². The number of benzene rings is 1. The van der Waals surface area contributed by atoms with Gasteiger partial charge in [-0.15, -0.1) is 0 Å². The molecule has 0 saturated heterocycles. The Labute approximate surface area is 128 Å². The first-order valence-corrected chi connectivity index (χ1v) is 6.94. The highest BCUT2D eigenvalue weighted by Crippen LogP contribution is 2.13. The molecule has 1 aromatic carbocycles. The van der Waals surface area contributed by atoms with Crippen LogP contribution >= 0.6 is 0 Å². The molecule has 0 radical (unpaired) electrons. The molecule has 7 nitrogen and oxygen atoms in total.